The highest BCUT2D eigenvalue weighted by molar-refractivity contribution is 6.00. The minimum atomic E-state index is -1.05. The Bertz CT molecular complexity index is 533. The summed E-state index contributed by atoms with van der Waals surface area (Å²) in [7, 11) is 0. The molecule has 1 aromatic heterocycles. The van der Waals surface area contributed by atoms with Crippen LogP contribution in [0.1, 0.15) is 32.1 Å². The van der Waals surface area contributed by atoms with Crippen LogP contribution < -0.4 is 10.6 Å². The number of carboxylic acids is 1. The Morgan fingerprint density at radius 1 is 1.29 bits per heavy atom. The minimum absolute atomic E-state index is 0.0831. The fraction of sp³-hybridized carbons (Fsp3) is 0.571. The molecule has 2 rings (SSSR count). The Kier molecular flexibility index (Phi) is 4.98. The normalized spacial score (nSPS) is 15.9. The molecule has 0 radical (unpaired) electrons. The first-order valence-corrected chi connectivity index (χ1v) is 7.14. The smallest absolute Gasteiger partial charge is 0.352 e. The molecule has 0 aliphatic carbocycles. The number of carbonyl (C=O) groups is 2. The highest BCUT2D eigenvalue weighted by Gasteiger charge is 2.21. The molecule has 2 heterocycles. The molecule has 7 nitrogen and oxygen atoms in total. The molecule has 1 saturated heterocycles. The van der Waals surface area contributed by atoms with E-state index in [1.54, 1.807) is 13.8 Å². The van der Waals surface area contributed by atoms with Gasteiger partial charge in [0, 0.05) is 45.0 Å². The second-order valence-electron chi connectivity index (χ2n) is 5.28. The molecular weight excluding hydrogens is 272 g/mol. The zero-order chi connectivity index (χ0) is 15.4. The number of carboxylic acid groups (broad SMARTS) is 1. The molecule has 4 N–H and O–H groups in total. The van der Waals surface area contributed by atoms with E-state index < -0.39 is 5.97 Å². The average molecular weight is 294 g/mol. The average Bonchev–Trinajstić information content (AvgIpc) is 2.75. The monoisotopic (exact) mass is 294 g/mol. The first-order chi connectivity index (χ1) is 10.0. The van der Waals surface area contributed by atoms with Crippen molar-refractivity contribution in [2.75, 3.05) is 39.3 Å². The molecule has 21 heavy (non-hydrogen) atoms. The van der Waals surface area contributed by atoms with Crippen molar-refractivity contribution >= 4 is 11.9 Å². The third-order valence-electron chi connectivity index (χ3n) is 3.80. The number of aromatic nitrogens is 1. The molecule has 1 fully saturated rings. The fourth-order valence-electron chi connectivity index (χ4n) is 2.66. The van der Waals surface area contributed by atoms with Gasteiger partial charge in [0.15, 0.2) is 0 Å². The summed E-state index contributed by atoms with van der Waals surface area (Å²) in [5, 5.41) is 15.2. The lowest BCUT2D eigenvalue weighted by Gasteiger charge is -2.27. The number of carbonyl (C=O) groups excluding carboxylic acids is 1. The van der Waals surface area contributed by atoms with Crippen molar-refractivity contribution in [2.24, 2.45) is 0 Å². The topological polar surface area (TPSA) is 97.5 Å². The summed E-state index contributed by atoms with van der Waals surface area (Å²) >= 11 is 0. The van der Waals surface area contributed by atoms with E-state index in [-0.39, 0.29) is 11.6 Å². The first-order valence-electron chi connectivity index (χ1n) is 7.14. The number of aromatic carboxylic acids is 1. The summed E-state index contributed by atoms with van der Waals surface area (Å²) in [6.45, 7) is 8.66. The molecule has 0 saturated carbocycles. The van der Waals surface area contributed by atoms with Crippen molar-refractivity contribution in [1.29, 1.82) is 0 Å². The van der Waals surface area contributed by atoms with E-state index in [1.165, 1.54) is 0 Å². The Morgan fingerprint density at radius 3 is 2.52 bits per heavy atom. The number of H-pyrrole nitrogens is 1. The predicted octanol–water partition coefficient (Wildman–Crippen LogP) is -0.0353. The van der Waals surface area contributed by atoms with Gasteiger partial charge in [-0.15, -0.1) is 0 Å². The zero-order valence-electron chi connectivity index (χ0n) is 12.5. The van der Waals surface area contributed by atoms with Crippen LogP contribution in [0, 0.1) is 13.8 Å². The second kappa shape index (κ2) is 6.73. The van der Waals surface area contributed by atoms with E-state index in [2.05, 4.69) is 20.5 Å². The number of rotatable bonds is 5. The van der Waals surface area contributed by atoms with Crippen LogP contribution in [0.4, 0.5) is 0 Å². The van der Waals surface area contributed by atoms with Crippen LogP contribution >= 0.6 is 0 Å². The number of hydrogen-bond acceptors (Lipinski definition) is 4. The van der Waals surface area contributed by atoms with Crippen LogP contribution in [0.15, 0.2) is 0 Å². The number of nitrogens with zero attached hydrogens (tertiary/aromatic N) is 1. The minimum Gasteiger partial charge on any atom is -0.477 e. The van der Waals surface area contributed by atoms with Gasteiger partial charge in [0.2, 0.25) is 0 Å². The molecular formula is C14H22N4O3. The van der Waals surface area contributed by atoms with Crippen molar-refractivity contribution in [1.82, 2.24) is 20.5 Å². The molecule has 0 unspecified atom stereocenters. The Balaban J connectivity index is 1.92. The zero-order valence-corrected chi connectivity index (χ0v) is 12.5. The van der Waals surface area contributed by atoms with Gasteiger partial charge in [-0.25, -0.2) is 4.79 Å². The summed E-state index contributed by atoms with van der Waals surface area (Å²) in [5.74, 6) is -1.26. The quantitative estimate of drug-likeness (QED) is 0.611. The van der Waals surface area contributed by atoms with Crippen LogP contribution in [0.2, 0.25) is 0 Å². The van der Waals surface area contributed by atoms with Gasteiger partial charge in [-0.05, 0) is 19.4 Å². The Labute approximate surface area is 123 Å². The van der Waals surface area contributed by atoms with Crippen LogP contribution in [0.25, 0.3) is 0 Å². The molecule has 1 aliphatic rings. The van der Waals surface area contributed by atoms with Gasteiger partial charge in [0.1, 0.15) is 5.69 Å². The number of hydrogen-bond donors (Lipinski definition) is 4. The van der Waals surface area contributed by atoms with Crippen molar-refractivity contribution in [2.45, 2.75) is 13.8 Å². The second-order valence-corrected chi connectivity index (χ2v) is 5.28. The summed E-state index contributed by atoms with van der Waals surface area (Å²) in [4.78, 5) is 28.3. The number of amides is 1. The van der Waals surface area contributed by atoms with Gasteiger partial charge < -0.3 is 20.7 Å². The molecule has 1 amide bonds. The lowest BCUT2D eigenvalue weighted by atomic mass is 10.1. The number of nitrogens with one attached hydrogen (secondary N) is 3. The van der Waals surface area contributed by atoms with E-state index in [0.29, 0.717) is 23.4 Å². The summed E-state index contributed by atoms with van der Waals surface area (Å²) in [6, 6.07) is 0. The van der Waals surface area contributed by atoms with E-state index in [4.69, 9.17) is 5.11 Å². The van der Waals surface area contributed by atoms with Gasteiger partial charge in [-0.1, -0.05) is 0 Å². The van der Waals surface area contributed by atoms with Gasteiger partial charge in [-0.2, -0.15) is 0 Å². The van der Waals surface area contributed by atoms with Gasteiger partial charge >= 0.3 is 5.97 Å². The molecule has 0 aromatic carbocycles. The highest BCUT2D eigenvalue weighted by atomic mass is 16.4. The maximum atomic E-state index is 12.2. The Morgan fingerprint density at radius 2 is 1.95 bits per heavy atom. The summed E-state index contributed by atoms with van der Waals surface area (Å²) < 4.78 is 0. The molecule has 0 spiro atoms. The SMILES string of the molecule is Cc1[nH]c(C(=O)O)c(C)c1C(=O)NCCN1CCNCC1. The molecule has 0 atom stereocenters. The van der Waals surface area contributed by atoms with Crippen LogP contribution in [0.3, 0.4) is 0 Å². The van der Waals surface area contributed by atoms with Crippen molar-refractivity contribution in [3.63, 3.8) is 0 Å². The van der Waals surface area contributed by atoms with Gasteiger partial charge in [0.05, 0.1) is 5.56 Å². The third kappa shape index (κ3) is 3.62. The largest absolute Gasteiger partial charge is 0.477 e. The lowest BCUT2D eigenvalue weighted by molar-refractivity contribution is 0.0690. The molecule has 0 bridgehead atoms. The van der Waals surface area contributed by atoms with Crippen molar-refractivity contribution in [3.05, 3.63) is 22.5 Å². The standard InChI is InChI=1S/C14H22N4O3/c1-9-11(10(2)17-12(9)14(20)21)13(19)16-5-8-18-6-3-15-4-7-18/h15,17H,3-8H2,1-2H3,(H,16,19)(H,20,21). The van der Waals surface area contributed by atoms with Gasteiger partial charge in [0.25, 0.3) is 5.91 Å². The summed E-state index contributed by atoms with van der Waals surface area (Å²) in [5.41, 5.74) is 1.59. The summed E-state index contributed by atoms with van der Waals surface area (Å²) in [6.07, 6.45) is 0. The number of piperazine rings is 1. The number of aryl methyl sites for hydroxylation is 1. The van der Waals surface area contributed by atoms with E-state index in [1.807, 2.05) is 0 Å². The highest BCUT2D eigenvalue weighted by Crippen LogP contribution is 2.17. The molecule has 1 aromatic rings. The molecule has 7 heteroatoms. The van der Waals surface area contributed by atoms with Crippen molar-refractivity contribution in [3.8, 4) is 0 Å². The molecule has 116 valence electrons. The predicted molar refractivity (Wildman–Crippen MR) is 78.9 cm³/mol. The maximum Gasteiger partial charge on any atom is 0.352 e. The van der Waals surface area contributed by atoms with E-state index in [9.17, 15) is 9.59 Å². The number of aromatic amines is 1. The van der Waals surface area contributed by atoms with Gasteiger partial charge in [-0.3, -0.25) is 9.69 Å². The van der Waals surface area contributed by atoms with E-state index >= 15 is 0 Å². The van der Waals surface area contributed by atoms with E-state index in [0.717, 1.165) is 32.7 Å². The van der Waals surface area contributed by atoms with Crippen LogP contribution in [-0.4, -0.2) is 66.1 Å². The lowest BCUT2D eigenvalue weighted by Crippen LogP contribution is -2.46. The van der Waals surface area contributed by atoms with Crippen LogP contribution in [-0.2, 0) is 0 Å². The fourth-order valence-corrected chi connectivity index (χ4v) is 2.66. The Hall–Kier alpha value is -1.86. The van der Waals surface area contributed by atoms with Crippen LogP contribution in [0.5, 0.6) is 0 Å². The third-order valence-corrected chi connectivity index (χ3v) is 3.80. The molecule has 1 aliphatic heterocycles. The first kappa shape index (κ1) is 15.5. The maximum absolute atomic E-state index is 12.2. The van der Waals surface area contributed by atoms with Crippen molar-refractivity contribution < 1.29 is 14.7 Å².